The lowest BCUT2D eigenvalue weighted by atomic mass is 9.78. The molecule has 4 N–H and O–H groups in total. The van der Waals surface area contributed by atoms with E-state index >= 15 is 0 Å². The minimum absolute atomic E-state index is 0.0686. The van der Waals surface area contributed by atoms with E-state index in [1.807, 2.05) is 11.0 Å². The van der Waals surface area contributed by atoms with Gasteiger partial charge in [-0.2, -0.15) is 10.2 Å². The van der Waals surface area contributed by atoms with Gasteiger partial charge >= 0.3 is 0 Å². The molecule has 2 aliphatic heterocycles. The van der Waals surface area contributed by atoms with Crippen LogP contribution >= 0.6 is 0 Å². The van der Waals surface area contributed by atoms with Crippen molar-refractivity contribution < 1.29 is 23.8 Å². The number of hydrogen-bond acceptors (Lipinski definition) is 9. The fourth-order valence-corrected chi connectivity index (χ4v) is 4.66. The van der Waals surface area contributed by atoms with Gasteiger partial charge in [-0.05, 0) is 18.9 Å². The Bertz CT molecular complexity index is 1260. The van der Waals surface area contributed by atoms with Crippen molar-refractivity contribution in [3.05, 3.63) is 33.6 Å². The van der Waals surface area contributed by atoms with Crippen LogP contribution in [0.4, 0.5) is 11.8 Å². The molecule has 0 saturated carbocycles. The number of methoxy groups -OCH3 is 3. The van der Waals surface area contributed by atoms with Gasteiger partial charge in [0, 0.05) is 36.6 Å². The molecule has 2 aliphatic rings. The molecule has 35 heavy (non-hydrogen) atoms. The number of nitrogens with zero attached hydrogens (tertiary/aromatic N) is 3. The van der Waals surface area contributed by atoms with Crippen molar-refractivity contribution >= 4 is 23.6 Å². The van der Waals surface area contributed by atoms with Crippen LogP contribution in [0, 0.1) is 23.2 Å². The van der Waals surface area contributed by atoms with E-state index in [-0.39, 0.29) is 29.2 Å². The Morgan fingerprint density at radius 2 is 1.74 bits per heavy atom. The maximum Gasteiger partial charge on any atom is 0.258 e. The standard InChI is InChI=1S/C23H26N6O6/c1-33-14-9-16(35-3)15(34-2)8-12(14)17-13(10-24)21(31)26-20-18(17)22(32)28-23(27-20)29-6-4-11(5-7-29)19(25)30/h8-9,11,13,17H,4-7H2,1-3H3,(H2,25,30)(H2,26,27,28,31,32). The Morgan fingerprint density at radius 1 is 1.11 bits per heavy atom. The first-order chi connectivity index (χ1) is 16.8. The molecule has 1 aromatic carbocycles. The first kappa shape index (κ1) is 23.9. The average molecular weight is 482 g/mol. The van der Waals surface area contributed by atoms with Gasteiger partial charge in [-0.1, -0.05) is 0 Å². The molecular weight excluding hydrogens is 456 g/mol. The molecule has 12 nitrogen and oxygen atoms in total. The van der Waals surface area contributed by atoms with Crippen LogP contribution < -0.4 is 35.7 Å². The fourth-order valence-electron chi connectivity index (χ4n) is 4.66. The summed E-state index contributed by atoms with van der Waals surface area (Å²) in [6, 6.07) is 5.18. The minimum atomic E-state index is -1.21. The summed E-state index contributed by atoms with van der Waals surface area (Å²) in [6.45, 7) is 0.939. The molecule has 2 amide bonds. The number of aromatic amines is 1. The van der Waals surface area contributed by atoms with Crippen LogP contribution in [0.25, 0.3) is 0 Å². The molecule has 2 unspecified atom stereocenters. The molecule has 3 heterocycles. The quantitative estimate of drug-likeness (QED) is 0.536. The van der Waals surface area contributed by atoms with Gasteiger partial charge in [-0.25, -0.2) is 0 Å². The molecule has 0 spiro atoms. The van der Waals surface area contributed by atoms with Crippen molar-refractivity contribution in [3.63, 3.8) is 0 Å². The number of H-pyrrole nitrogens is 1. The number of fused-ring (bicyclic) bond motifs is 1. The van der Waals surface area contributed by atoms with E-state index in [0.717, 1.165) is 0 Å². The van der Waals surface area contributed by atoms with Crippen molar-refractivity contribution in [1.82, 2.24) is 9.97 Å². The van der Waals surface area contributed by atoms with Crippen LogP contribution in [-0.4, -0.2) is 56.2 Å². The van der Waals surface area contributed by atoms with E-state index < -0.39 is 23.3 Å². The third-order valence-electron chi connectivity index (χ3n) is 6.52. The number of carbonyl (C=O) groups excluding carboxylic acids is 2. The largest absolute Gasteiger partial charge is 0.496 e. The summed E-state index contributed by atoms with van der Waals surface area (Å²) in [6.07, 6.45) is 1.06. The SMILES string of the molecule is COc1cc(OC)c(C2c3c(nc(N4CCC(C(N)=O)CC4)[nH]c3=O)NC(=O)C2C#N)cc1OC. The third kappa shape index (κ3) is 4.21. The zero-order valence-corrected chi connectivity index (χ0v) is 19.6. The van der Waals surface area contributed by atoms with Crippen molar-refractivity contribution in [2.75, 3.05) is 44.6 Å². The van der Waals surface area contributed by atoms with Crippen molar-refractivity contribution in [3.8, 4) is 23.3 Å². The molecule has 1 saturated heterocycles. The molecule has 4 rings (SSSR count). The van der Waals surface area contributed by atoms with Gasteiger partial charge in [-0.15, -0.1) is 0 Å². The summed E-state index contributed by atoms with van der Waals surface area (Å²) < 4.78 is 16.2. The summed E-state index contributed by atoms with van der Waals surface area (Å²) >= 11 is 0. The molecule has 12 heteroatoms. The highest BCUT2D eigenvalue weighted by atomic mass is 16.5. The van der Waals surface area contributed by atoms with Gasteiger partial charge in [-0.3, -0.25) is 19.4 Å². The lowest BCUT2D eigenvalue weighted by Crippen LogP contribution is -2.42. The summed E-state index contributed by atoms with van der Waals surface area (Å²) in [4.78, 5) is 46.9. The highest BCUT2D eigenvalue weighted by Crippen LogP contribution is 2.45. The van der Waals surface area contributed by atoms with Gasteiger partial charge < -0.3 is 30.2 Å². The lowest BCUT2D eigenvalue weighted by molar-refractivity contribution is -0.122. The molecule has 1 fully saturated rings. The van der Waals surface area contributed by atoms with Crippen LogP contribution in [0.3, 0.4) is 0 Å². The van der Waals surface area contributed by atoms with Crippen LogP contribution in [0.15, 0.2) is 16.9 Å². The highest BCUT2D eigenvalue weighted by molar-refractivity contribution is 5.98. The fraction of sp³-hybridized carbons (Fsp3) is 0.435. The number of carbonyl (C=O) groups is 2. The molecule has 1 aromatic heterocycles. The van der Waals surface area contributed by atoms with Gasteiger partial charge in [0.2, 0.25) is 17.8 Å². The molecule has 0 radical (unpaired) electrons. The average Bonchev–Trinajstić information content (AvgIpc) is 2.86. The number of rotatable bonds is 6. The Hall–Kier alpha value is -4.27. The number of amides is 2. The van der Waals surface area contributed by atoms with Crippen molar-refractivity contribution in [2.45, 2.75) is 18.8 Å². The minimum Gasteiger partial charge on any atom is -0.496 e. The Balaban J connectivity index is 1.82. The second-order valence-electron chi connectivity index (χ2n) is 8.34. The predicted molar refractivity (Wildman–Crippen MR) is 125 cm³/mol. The number of primary amides is 1. The first-order valence-electron chi connectivity index (χ1n) is 11.0. The van der Waals surface area contributed by atoms with E-state index in [1.165, 1.54) is 21.3 Å². The molecule has 2 atom stereocenters. The van der Waals surface area contributed by atoms with E-state index in [9.17, 15) is 19.6 Å². The van der Waals surface area contributed by atoms with E-state index in [0.29, 0.717) is 48.7 Å². The third-order valence-corrected chi connectivity index (χ3v) is 6.52. The van der Waals surface area contributed by atoms with E-state index in [4.69, 9.17) is 19.9 Å². The molecule has 0 bridgehead atoms. The molecule has 0 aliphatic carbocycles. The van der Waals surface area contributed by atoms with Crippen LogP contribution in [0.1, 0.15) is 29.9 Å². The predicted octanol–water partition coefficient (Wildman–Crippen LogP) is 0.721. The van der Waals surface area contributed by atoms with Crippen LogP contribution in [0.5, 0.6) is 17.2 Å². The summed E-state index contributed by atoms with van der Waals surface area (Å²) in [5, 5.41) is 12.4. The topological polar surface area (TPSA) is 173 Å². The number of benzene rings is 1. The molecule has 2 aromatic rings. The second kappa shape index (κ2) is 9.54. The van der Waals surface area contributed by atoms with Crippen molar-refractivity contribution in [2.24, 2.45) is 17.6 Å². The molecular formula is C23H26N6O6. The number of piperidine rings is 1. The summed E-state index contributed by atoms with van der Waals surface area (Å²) in [5.41, 5.74) is 5.46. The van der Waals surface area contributed by atoms with E-state index in [2.05, 4.69) is 15.3 Å². The lowest BCUT2D eigenvalue weighted by Gasteiger charge is -2.33. The number of anilines is 2. The number of nitrogens with two attached hydrogens (primary N) is 1. The second-order valence-corrected chi connectivity index (χ2v) is 8.34. The normalized spacial score (nSPS) is 19.8. The summed E-state index contributed by atoms with van der Waals surface area (Å²) in [5.74, 6) is -1.94. The number of nitriles is 1. The maximum absolute atomic E-state index is 13.4. The zero-order valence-electron chi connectivity index (χ0n) is 19.6. The van der Waals surface area contributed by atoms with Gasteiger partial charge in [0.1, 0.15) is 17.5 Å². The maximum atomic E-state index is 13.4. The number of hydrogen-bond donors (Lipinski definition) is 3. The number of ether oxygens (including phenoxy) is 3. The number of nitrogens with one attached hydrogen (secondary N) is 2. The Morgan fingerprint density at radius 3 is 2.31 bits per heavy atom. The van der Waals surface area contributed by atoms with Gasteiger partial charge in [0.25, 0.3) is 5.56 Å². The first-order valence-corrected chi connectivity index (χ1v) is 11.0. The van der Waals surface area contributed by atoms with E-state index in [1.54, 1.807) is 12.1 Å². The van der Waals surface area contributed by atoms with Crippen LogP contribution in [0.2, 0.25) is 0 Å². The Kier molecular flexibility index (Phi) is 6.50. The highest BCUT2D eigenvalue weighted by Gasteiger charge is 2.42. The Labute approximate surface area is 201 Å². The van der Waals surface area contributed by atoms with Crippen molar-refractivity contribution in [1.29, 1.82) is 5.26 Å². The zero-order chi connectivity index (χ0) is 25.3. The summed E-state index contributed by atoms with van der Waals surface area (Å²) in [7, 11) is 4.37. The van der Waals surface area contributed by atoms with Crippen LogP contribution in [-0.2, 0) is 9.59 Å². The smallest absolute Gasteiger partial charge is 0.258 e. The van der Waals surface area contributed by atoms with Gasteiger partial charge in [0.15, 0.2) is 11.5 Å². The monoisotopic (exact) mass is 482 g/mol. The van der Waals surface area contributed by atoms with Gasteiger partial charge in [0.05, 0.1) is 33.0 Å². The number of aromatic nitrogens is 2. The molecule has 184 valence electrons.